The molecule has 0 unspecified atom stereocenters. The molecule has 0 aliphatic heterocycles. The van der Waals surface area contributed by atoms with Crippen molar-refractivity contribution < 1.29 is 18.0 Å². The van der Waals surface area contributed by atoms with Gasteiger partial charge in [-0.2, -0.15) is 13.2 Å². The van der Waals surface area contributed by atoms with Gasteiger partial charge in [0.1, 0.15) is 5.82 Å². The largest absolute Gasteiger partial charge is 0.417 e. The first kappa shape index (κ1) is 16.2. The number of aromatic nitrogens is 3. The summed E-state index contributed by atoms with van der Waals surface area (Å²) in [6.07, 6.45) is 1.42. The van der Waals surface area contributed by atoms with Crippen LogP contribution in [0.3, 0.4) is 0 Å². The van der Waals surface area contributed by atoms with E-state index < -0.39 is 11.7 Å². The Balaban J connectivity index is 1.77. The van der Waals surface area contributed by atoms with E-state index in [1.807, 2.05) is 0 Å². The zero-order chi connectivity index (χ0) is 17.2. The Morgan fingerprint density at radius 2 is 2.08 bits per heavy atom. The van der Waals surface area contributed by atoms with Crippen molar-refractivity contribution in [2.24, 2.45) is 0 Å². The zero-order valence-corrected chi connectivity index (χ0v) is 12.5. The second kappa shape index (κ2) is 6.06. The average molecular weight is 337 g/mol. The van der Waals surface area contributed by atoms with E-state index in [4.69, 9.17) is 0 Å². The first-order valence-electron chi connectivity index (χ1n) is 7.23. The lowest BCUT2D eigenvalue weighted by Gasteiger charge is -2.15. The highest BCUT2D eigenvalue weighted by Gasteiger charge is 2.42. The van der Waals surface area contributed by atoms with Crippen molar-refractivity contribution in [3.8, 4) is 11.4 Å². The molecule has 1 saturated carbocycles. The Labute approximate surface area is 135 Å². The van der Waals surface area contributed by atoms with Gasteiger partial charge < -0.3 is 10.6 Å². The van der Waals surface area contributed by atoms with Gasteiger partial charge in [0.05, 0.1) is 11.1 Å². The molecule has 0 spiro atoms. The molecular formula is C15H14F3N5O. The van der Waals surface area contributed by atoms with E-state index >= 15 is 0 Å². The van der Waals surface area contributed by atoms with Crippen molar-refractivity contribution in [2.75, 3.05) is 11.9 Å². The molecule has 1 aliphatic rings. The Morgan fingerprint density at radius 1 is 1.29 bits per heavy atom. The van der Waals surface area contributed by atoms with E-state index in [0.29, 0.717) is 18.8 Å². The minimum Gasteiger partial charge on any atom is -0.368 e. The van der Waals surface area contributed by atoms with E-state index in [-0.39, 0.29) is 16.9 Å². The standard InChI is InChI=1S/C15H14F3N5O/c16-15(17,18)11-5-10(6-19-7-11)13-20-4-1-12(23-13)21-8-14(2-3-14)22-9-24/h1,4-7,9H,2-3,8H2,(H,22,24)(H,20,21,23). The van der Waals surface area contributed by atoms with Gasteiger partial charge in [0.25, 0.3) is 0 Å². The number of amides is 1. The number of alkyl halides is 3. The summed E-state index contributed by atoms with van der Waals surface area (Å²) in [5.41, 5.74) is -0.931. The molecule has 2 N–H and O–H groups in total. The van der Waals surface area contributed by atoms with E-state index in [1.165, 1.54) is 12.4 Å². The van der Waals surface area contributed by atoms with Crippen LogP contribution in [0.15, 0.2) is 30.7 Å². The van der Waals surface area contributed by atoms with E-state index in [2.05, 4.69) is 25.6 Å². The van der Waals surface area contributed by atoms with Gasteiger partial charge in [-0.05, 0) is 25.0 Å². The average Bonchev–Trinajstić information content (AvgIpc) is 3.33. The number of rotatable bonds is 6. The molecule has 3 rings (SSSR count). The van der Waals surface area contributed by atoms with Gasteiger partial charge in [-0.3, -0.25) is 9.78 Å². The van der Waals surface area contributed by atoms with Crippen molar-refractivity contribution in [1.82, 2.24) is 20.3 Å². The van der Waals surface area contributed by atoms with Gasteiger partial charge in [0.15, 0.2) is 5.82 Å². The maximum absolute atomic E-state index is 12.8. The molecule has 0 bridgehead atoms. The van der Waals surface area contributed by atoms with Crippen molar-refractivity contribution in [2.45, 2.75) is 24.6 Å². The molecule has 6 nitrogen and oxygen atoms in total. The molecule has 0 atom stereocenters. The fourth-order valence-corrected chi connectivity index (χ4v) is 2.22. The van der Waals surface area contributed by atoms with E-state index in [9.17, 15) is 18.0 Å². The highest BCUT2D eigenvalue weighted by Crippen LogP contribution is 2.35. The Hall–Kier alpha value is -2.71. The third kappa shape index (κ3) is 3.61. The van der Waals surface area contributed by atoms with Crippen LogP contribution < -0.4 is 10.6 Å². The summed E-state index contributed by atoms with van der Waals surface area (Å²) in [5.74, 6) is 0.614. The number of hydrogen-bond acceptors (Lipinski definition) is 5. The summed E-state index contributed by atoms with van der Waals surface area (Å²) in [7, 11) is 0. The normalized spacial score (nSPS) is 15.6. The molecule has 0 radical (unpaired) electrons. The third-order valence-electron chi connectivity index (χ3n) is 3.81. The van der Waals surface area contributed by atoms with Crippen molar-refractivity contribution in [3.05, 3.63) is 36.3 Å². The molecule has 9 heteroatoms. The maximum atomic E-state index is 12.8. The van der Waals surface area contributed by atoms with Crippen LogP contribution in [0.5, 0.6) is 0 Å². The highest BCUT2D eigenvalue weighted by atomic mass is 19.4. The minimum atomic E-state index is -4.47. The monoisotopic (exact) mass is 337 g/mol. The molecule has 1 aliphatic carbocycles. The number of hydrogen-bond donors (Lipinski definition) is 2. The van der Waals surface area contributed by atoms with Gasteiger partial charge in [0.2, 0.25) is 6.41 Å². The SMILES string of the molecule is O=CNC1(CNc2ccnc(-c3cncc(C(F)(F)F)c3)n2)CC1. The number of nitrogens with one attached hydrogen (secondary N) is 2. The van der Waals surface area contributed by atoms with E-state index in [0.717, 1.165) is 25.1 Å². The van der Waals surface area contributed by atoms with Gasteiger partial charge in [0, 0.05) is 30.7 Å². The van der Waals surface area contributed by atoms with Crippen LogP contribution in [0.25, 0.3) is 11.4 Å². The third-order valence-corrected chi connectivity index (χ3v) is 3.81. The van der Waals surface area contributed by atoms with Crippen molar-refractivity contribution >= 4 is 12.2 Å². The first-order chi connectivity index (χ1) is 11.4. The quantitative estimate of drug-likeness (QED) is 0.791. The summed E-state index contributed by atoms with van der Waals surface area (Å²) in [6, 6.07) is 2.57. The van der Waals surface area contributed by atoms with Crippen LogP contribution in [-0.4, -0.2) is 33.4 Å². The van der Waals surface area contributed by atoms with Gasteiger partial charge in [-0.25, -0.2) is 9.97 Å². The summed E-state index contributed by atoms with van der Waals surface area (Å²) < 4.78 is 38.3. The molecule has 0 saturated heterocycles. The van der Waals surface area contributed by atoms with Gasteiger partial charge in [-0.15, -0.1) is 0 Å². The number of halogens is 3. The van der Waals surface area contributed by atoms with Crippen molar-refractivity contribution in [3.63, 3.8) is 0 Å². The van der Waals surface area contributed by atoms with Gasteiger partial charge in [-0.1, -0.05) is 0 Å². The number of carbonyl (C=O) groups excluding carboxylic acids is 1. The lowest BCUT2D eigenvalue weighted by Crippen LogP contribution is -2.36. The van der Waals surface area contributed by atoms with Crippen LogP contribution in [0.2, 0.25) is 0 Å². The molecule has 24 heavy (non-hydrogen) atoms. The fourth-order valence-electron chi connectivity index (χ4n) is 2.22. The minimum absolute atomic E-state index is 0.145. The lowest BCUT2D eigenvalue weighted by atomic mass is 10.2. The second-order valence-corrected chi connectivity index (χ2v) is 5.62. The first-order valence-corrected chi connectivity index (χ1v) is 7.23. The smallest absolute Gasteiger partial charge is 0.368 e. The summed E-state index contributed by atoms with van der Waals surface area (Å²) in [4.78, 5) is 22.4. The molecule has 1 fully saturated rings. The lowest BCUT2D eigenvalue weighted by molar-refractivity contribution is -0.137. The van der Waals surface area contributed by atoms with Gasteiger partial charge >= 0.3 is 6.18 Å². The second-order valence-electron chi connectivity index (χ2n) is 5.62. The summed E-state index contributed by atoms with van der Waals surface area (Å²) in [5, 5.41) is 5.82. The van der Waals surface area contributed by atoms with Crippen LogP contribution >= 0.6 is 0 Å². The van der Waals surface area contributed by atoms with Crippen LogP contribution in [0.4, 0.5) is 19.0 Å². The summed E-state index contributed by atoms with van der Waals surface area (Å²) in [6.45, 7) is 0.489. The van der Waals surface area contributed by atoms with E-state index in [1.54, 1.807) is 6.07 Å². The zero-order valence-electron chi connectivity index (χ0n) is 12.5. The maximum Gasteiger partial charge on any atom is 0.417 e. The number of anilines is 1. The molecule has 2 aromatic rings. The highest BCUT2D eigenvalue weighted by molar-refractivity contribution is 5.57. The molecule has 2 aromatic heterocycles. The Bertz CT molecular complexity index is 746. The van der Waals surface area contributed by atoms with Crippen LogP contribution in [-0.2, 0) is 11.0 Å². The molecule has 126 valence electrons. The number of nitrogens with zero attached hydrogens (tertiary/aromatic N) is 3. The predicted octanol–water partition coefficient (Wildman–Crippen LogP) is 2.25. The summed E-state index contributed by atoms with van der Waals surface area (Å²) >= 11 is 0. The van der Waals surface area contributed by atoms with Crippen LogP contribution in [0.1, 0.15) is 18.4 Å². The Kier molecular flexibility index (Phi) is 4.08. The van der Waals surface area contributed by atoms with Crippen LogP contribution in [0, 0.1) is 0 Å². The topological polar surface area (TPSA) is 79.8 Å². The molecule has 2 heterocycles. The fraction of sp³-hybridized carbons (Fsp3) is 0.333. The Morgan fingerprint density at radius 3 is 2.75 bits per heavy atom. The predicted molar refractivity (Wildman–Crippen MR) is 79.9 cm³/mol. The molecular weight excluding hydrogens is 323 g/mol. The molecule has 1 amide bonds. The number of carbonyl (C=O) groups is 1. The molecule has 0 aromatic carbocycles. The van der Waals surface area contributed by atoms with Crippen molar-refractivity contribution in [1.29, 1.82) is 0 Å². The number of pyridine rings is 1.